The fraction of sp³-hybridized carbons (Fsp3) is 1.00. The molecular weight excluding hydrogens is 204 g/mol. The van der Waals surface area contributed by atoms with Gasteiger partial charge in [-0.1, -0.05) is 19.8 Å². The van der Waals surface area contributed by atoms with Crippen LogP contribution in [-0.2, 0) is 14.2 Å². The lowest BCUT2D eigenvalue weighted by atomic mass is 10.3. The van der Waals surface area contributed by atoms with Gasteiger partial charge < -0.3 is 14.2 Å². The Balaban J connectivity index is 2.83. The number of ether oxygens (including phenoxy) is 3. The van der Waals surface area contributed by atoms with Crippen LogP contribution in [0.15, 0.2) is 0 Å². The molecule has 0 aliphatic heterocycles. The normalized spacial score (nSPS) is 10.9. The number of rotatable bonds is 13. The summed E-state index contributed by atoms with van der Waals surface area (Å²) in [6.45, 7) is 9.16. The van der Waals surface area contributed by atoms with Gasteiger partial charge in [0.2, 0.25) is 0 Å². The van der Waals surface area contributed by atoms with E-state index in [0.717, 1.165) is 52.5 Å². The maximum Gasteiger partial charge on any atom is 0.0488 e. The van der Waals surface area contributed by atoms with E-state index in [2.05, 4.69) is 6.92 Å². The van der Waals surface area contributed by atoms with E-state index in [4.69, 9.17) is 14.2 Å². The van der Waals surface area contributed by atoms with Crippen molar-refractivity contribution < 1.29 is 14.2 Å². The lowest BCUT2D eigenvalue weighted by Gasteiger charge is -2.05. The van der Waals surface area contributed by atoms with E-state index in [1.807, 2.05) is 6.92 Å². The van der Waals surface area contributed by atoms with Gasteiger partial charge in [0.25, 0.3) is 0 Å². The van der Waals surface area contributed by atoms with E-state index in [9.17, 15) is 0 Å². The molecule has 0 bridgehead atoms. The molecule has 0 aromatic heterocycles. The van der Waals surface area contributed by atoms with Crippen LogP contribution in [-0.4, -0.2) is 39.6 Å². The summed E-state index contributed by atoms with van der Waals surface area (Å²) >= 11 is 0. The van der Waals surface area contributed by atoms with Crippen molar-refractivity contribution in [2.45, 2.75) is 46.0 Å². The topological polar surface area (TPSA) is 27.7 Å². The first-order chi connectivity index (χ1) is 7.91. The standard InChI is InChI=1S/C13H28O3/c1-3-5-6-9-15-12-8-13-16-11-7-10-14-4-2/h3-13H2,1-2H3. The highest BCUT2D eigenvalue weighted by Crippen LogP contribution is 1.95. The van der Waals surface area contributed by atoms with Gasteiger partial charge in [0.1, 0.15) is 0 Å². The zero-order chi connectivity index (χ0) is 11.9. The third-order valence-electron chi connectivity index (χ3n) is 2.25. The SMILES string of the molecule is CCCCCOCCCOCCCOCC. The summed E-state index contributed by atoms with van der Waals surface area (Å²) in [5.74, 6) is 0. The predicted molar refractivity (Wildman–Crippen MR) is 66.9 cm³/mol. The Bertz CT molecular complexity index is 104. The minimum absolute atomic E-state index is 0.797. The molecule has 0 aromatic carbocycles. The highest BCUT2D eigenvalue weighted by molar-refractivity contribution is 4.39. The molecular formula is C13H28O3. The van der Waals surface area contributed by atoms with Crippen molar-refractivity contribution >= 4 is 0 Å². The van der Waals surface area contributed by atoms with E-state index in [1.165, 1.54) is 19.3 Å². The molecule has 0 atom stereocenters. The Morgan fingerprint density at radius 2 is 1.06 bits per heavy atom. The molecule has 0 aromatic rings. The molecule has 0 aliphatic carbocycles. The molecule has 3 nitrogen and oxygen atoms in total. The third-order valence-corrected chi connectivity index (χ3v) is 2.25. The summed E-state index contributed by atoms with van der Waals surface area (Å²) in [7, 11) is 0. The first-order valence-corrected chi connectivity index (χ1v) is 6.65. The van der Waals surface area contributed by atoms with Gasteiger partial charge in [-0.3, -0.25) is 0 Å². The molecule has 0 saturated carbocycles. The van der Waals surface area contributed by atoms with Crippen molar-refractivity contribution in [2.75, 3.05) is 39.6 Å². The first-order valence-electron chi connectivity index (χ1n) is 6.65. The fourth-order valence-corrected chi connectivity index (χ4v) is 1.33. The van der Waals surface area contributed by atoms with Crippen LogP contribution in [0.25, 0.3) is 0 Å². The number of unbranched alkanes of at least 4 members (excludes halogenated alkanes) is 2. The van der Waals surface area contributed by atoms with Crippen LogP contribution in [0, 0.1) is 0 Å². The number of hydrogen-bond donors (Lipinski definition) is 0. The summed E-state index contributed by atoms with van der Waals surface area (Å²) < 4.78 is 16.1. The lowest BCUT2D eigenvalue weighted by Crippen LogP contribution is -2.05. The second-order valence-electron chi connectivity index (χ2n) is 3.84. The molecule has 98 valence electrons. The molecule has 0 heterocycles. The Morgan fingerprint density at radius 3 is 1.56 bits per heavy atom. The molecule has 16 heavy (non-hydrogen) atoms. The summed E-state index contributed by atoms with van der Waals surface area (Å²) in [4.78, 5) is 0. The molecule has 0 N–H and O–H groups in total. The predicted octanol–water partition coefficient (Wildman–Crippen LogP) is 3.03. The molecule has 0 unspecified atom stereocenters. The molecule has 0 fully saturated rings. The smallest absolute Gasteiger partial charge is 0.0488 e. The van der Waals surface area contributed by atoms with Gasteiger partial charge in [0.15, 0.2) is 0 Å². The van der Waals surface area contributed by atoms with Crippen molar-refractivity contribution in [3.8, 4) is 0 Å². The fourth-order valence-electron chi connectivity index (χ4n) is 1.33. The van der Waals surface area contributed by atoms with Gasteiger partial charge >= 0.3 is 0 Å². The maximum atomic E-state index is 5.48. The van der Waals surface area contributed by atoms with Crippen molar-refractivity contribution in [1.29, 1.82) is 0 Å². The van der Waals surface area contributed by atoms with Crippen LogP contribution < -0.4 is 0 Å². The van der Waals surface area contributed by atoms with Crippen molar-refractivity contribution in [1.82, 2.24) is 0 Å². The summed E-state index contributed by atoms with van der Waals surface area (Å²) in [6.07, 6.45) is 5.71. The minimum Gasteiger partial charge on any atom is -0.382 e. The Kier molecular flexibility index (Phi) is 14.8. The average molecular weight is 232 g/mol. The largest absolute Gasteiger partial charge is 0.382 e. The molecule has 0 aliphatic rings. The second-order valence-corrected chi connectivity index (χ2v) is 3.84. The van der Waals surface area contributed by atoms with Gasteiger partial charge in [-0.15, -0.1) is 0 Å². The molecule has 0 saturated heterocycles. The quantitative estimate of drug-likeness (QED) is 0.457. The highest BCUT2D eigenvalue weighted by atomic mass is 16.5. The Labute approximate surface area is 100 Å². The average Bonchev–Trinajstić information content (AvgIpc) is 2.31. The second kappa shape index (κ2) is 14.9. The third kappa shape index (κ3) is 13.9. The molecule has 0 amide bonds. The van der Waals surface area contributed by atoms with E-state index in [-0.39, 0.29) is 0 Å². The summed E-state index contributed by atoms with van der Waals surface area (Å²) in [5, 5.41) is 0. The van der Waals surface area contributed by atoms with Crippen LogP contribution in [0.1, 0.15) is 46.0 Å². The summed E-state index contributed by atoms with van der Waals surface area (Å²) in [5.41, 5.74) is 0. The summed E-state index contributed by atoms with van der Waals surface area (Å²) in [6, 6.07) is 0. The Hall–Kier alpha value is -0.120. The van der Waals surface area contributed by atoms with E-state index >= 15 is 0 Å². The van der Waals surface area contributed by atoms with Crippen molar-refractivity contribution in [3.63, 3.8) is 0 Å². The maximum absolute atomic E-state index is 5.48. The van der Waals surface area contributed by atoms with Gasteiger partial charge in [-0.05, 0) is 26.2 Å². The number of hydrogen-bond acceptors (Lipinski definition) is 3. The van der Waals surface area contributed by atoms with Crippen LogP contribution >= 0.6 is 0 Å². The lowest BCUT2D eigenvalue weighted by molar-refractivity contribution is 0.0649. The monoisotopic (exact) mass is 232 g/mol. The van der Waals surface area contributed by atoms with E-state index in [1.54, 1.807) is 0 Å². The zero-order valence-corrected chi connectivity index (χ0v) is 11.0. The van der Waals surface area contributed by atoms with Gasteiger partial charge in [-0.25, -0.2) is 0 Å². The van der Waals surface area contributed by atoms with Crippen LogP contribution in [0.2, 0.25) is 0 Å². The zero-order valence-electron chi connectivity index (χ0n) is 11.0. The molecule has 0 rings (SSSR count). The van der Waals surface area contributed by atoms with Crippen LogP contribution in [0.4, 0.5) is 0 Å². The van der Waals surface area contributed by atoms with E-state index in [0.29, 0.717) is 0 Å². The Morgan fingerprint density at radius 1 is 0.562 bits per heavy atom. The van der Waals surface area contributed by atoms with Gasteiger partial charge in [0.05, 0.1) is 0 Å². The molecule has 3 heteroatoms. The minimum atomic E-state index is 0.797. The van der Waals surface area contributed by atoms with Gasteiger partial charge in [-0.2, -0.15) is 0 Å². The first kappa shape index (κ1) is 15.9. The molecule has 0 spiro atoms. The van der Waals surface area contributed by atoms with Gasteiger partial charge in [0, 0.05) is 39.6 Å². The van der Waals surface area contributed by atoms with Crippen molar-refractivity contribution in [3.05, 3.63) is 0 Å². The highest BCUT2D eigenvalue weighted by Gasteiger charge is 1.91. The van der Waals surface area contributed by atoms with E-state index < -0.39 is 0 Å². The van der Waals surface area contributed by atoms with Crippen molar-refractivity contribution in [2.24, 2.45) is 0 Å². The van der Waals surface area contributed by atoms with Crippen LogP contribution in [0.5, 0.6) is 0 Å². The molecule has 0 radical (unpaired) electrons. The van der Waals surface area contributed by atoms with Crippen LogP contribution in [0.3, 0.4) is 0 Å².